The minimum Gasteiger partial charge on any atom is -0.493 e. The average molecular weight is 316 g/mol. The van der Waals surface area contributed by atoms with E-state index in [-0.39, 0.29) is 5.91 Å². The molecule has 1 aromatic carbocycles. The Morgan fingerprint density at radius 3 is 2.87 bits per heavy atom. The number of aryl methyl sites for hydroxylation is 1. The number of hydrazone groups is 1. The minimum absolute atomic E-state index is 0.292. The fourth-order valence-corrected chi connectivity index (χ4v) is 1.85. The quantitative estimate of drug-likeness (QED) is 0.606. The molecule has 7 nitrogen and oxygen atoms in total. The second kappa shape index (κ2) is 7.98. The van der Waals surface area contributed by atoms with Crippen LogP contribution in [0.25, 0.3) is 0 Å². The maximum Gasteiger partial charge on any atom is 0.291 e. The van der Waals surface area contributed by atoms with Crippen LogP contribution in [-0.2, 0) is 0 Å². The van der Waals surface area contributed by atoms with Crippen LogP contribution in [0.5, 0.6) is 11.5 Å². The number of nitrogens with one attached hydrogen (secondary N) is 2. The summed E-state index contributed by atoms with van der Waals surface area (Å²) in [5, 5.41) is 10.5. The third-order valence-corrected chi connectivity index (χ3v) is 2.97. The standard InChI is InChI=1S/C16H20N4O3/c1-4-7-23-14-6-5-12(9-15(14)22-3)10-17-20-16(21)13-8-11(2)18-19-13/h5-6,8-10H,4,7H2,1-3H3,(H,18,19)(H,20,21)/b17-10-. The lowest BCUT2D eigenvalue weighted by Crippen LogP contribution is -2.18. The first-order valence-corrected chi connectivity index (χ1v) is 7.30. The summed E-state index contributed by atoms with van der Waals surface area (Å²) >= 11 is 0. The second-order valence-corrected chi connectivity index (χ2v) is 4.89. The number of nitrogens with zero attached hydrogens (tertiary/aromatic N) is 2. The Labute approximate surface area is 134 Å². The van der Waals surface area contributed by atoms with Gasteiger partial charge in [0.25, 0.3) is 5.91 Å². The fourth-order valence-electron chi connectivity index (χ4n) is 1.85. The second-order valence-electron chi connectivity index (χ2n) is 4.89. The summed E-state index contributed by atoms with van der Waals surface area (Å²) in [5.74, 6) is 0.930. The summed E-state index contributed by atoms with van der Waals surface area (Å²) in [5.41, 5.74) is 4.31. The van der Waals surface area contributed by atoms with Gasteiger partial charge in [0.15, 0.2) is 17.2 Å². The molecule has 1 aromatic heterocycles. The number of methoxy groups -OCH3 is 1. The molecule has 2 rings (SSSR count). The number of ether oxygens (including phenoxy) is 2. The van der Waals surface area contributed by atoms with Gasteiger partial charge in [0.2, 0.25) is 0 Å². The molecule has 2 aromatic rings. The summed E-state index contributed by atoms with van der Waals surface area (Å²) in [6.45, 7) is 4.49. The van der Waals surface area contributed by atoms with E-state index in [2.05, 4.69) is 20.7 Å². The van der Waals surface area contributed by atoms with E-state index in [4.69, 9.17) is 9.47 Å². The average Bonchev–Trinajstić information content (AvgIpc) is 3.00. The molecule has 23 heavy (non-hydrogen) atoms. The lowest BCUT2D eigenvalue weighted by molar-refractivity contribution is 0.0950. The molecule has 0 radical (unpaired) electrons. The van der Waals surface area contributed by atoms with E-state index in [1.807, 2.05) is 26.0 Å². The summed E-state index contributed by atoms with van der Waals surface area (Å²) in [6, 6.07) is 7.09. The molecular formula is C16H20N4O3. The molecule has 0 aliphatic heterocycles. The molecule has 0 saturated heterocycles. The number of rotatable bonds is 7. The zero-order chi connectivity index (χ0) is 16.7. The summed E-state index contributed by atoms with van der Waals surface area (Å²) < 4.78 is 10.9. The summed E-state index contributed by atoms with van der Waals surface area (Å²) in [4.78, 5) is 11.8. The first kappa shape index (κ1) is 16.5. The van der Waals surface area contributed by atoms with Crippen LogP contribution in [0, 0.1) is 6.92 Å². The molecule has 2 N–H and O–H groups in total. The van der Waals surface area contributed by atoms with E-state index in [0.29, 0.717) is 23.8 Å². The zero-order valence-electron chi connectivity index (χ0n) is 13.4. The molecule has 0 bridgehead atoms. The number of H-pyrrole nitrogens is 1. The van der Waals surface area contributed by atoms with Crippen molar-refractivity contribution >= 4 is 12.1 Å². The van der Waals surface area contributed by atoms with Crippen molar-refractivity contribution in [3.63, 3.8) is 0 Å². The molecular weight excluding hydrogens is 296 g/mol. The van der Waals surface area contributed by atoms with Crippen molar-refractivity contribution in [2.75, 3.05) is 13.7 Å². The van der Waals surface area contributed by atoms with Gasteiger partial charge in [-0.2, -0.15) is 10.2 Å². The lowest BCUT2D eigenvalue weighted by Gasteiger charge is -2.10. The van der Waals surface area contributed by atoms with Gasteiger partial charge < -0.3 is 9.47 Å². The number of hydrogen-bond acceptors (Lipinski definition) is 5. The normalized spacial score (nSPS) is 10.7. The third kappa shape index (κ3) is 4.57. The number of aromatic amines is 1. The highest BCUT2D eigenvalue weighted by Crippen LogP contribution is 2.27. The van der Waals surface area contributed by atoms with E-state index >= 15 is 0 Å². The van der Waals surface area contributed by atoms with E-state index in [9.17, 15) is 4.79 Å². The highest BCUT2D eigenvalue weighted by atomic mass is 16.5. The molecule has 1 heterocycles. The van der Waals surface area contributed by atoms with Crippen LogP contribution in [0.4, 0.5) is 0 Å². The first-order valence-electron chi connectivity index (χ1n) is 7.30. The van der Waals surface area contributed by atoms with Crippen LogP contribution in [0.3, 0.4) is 0 Å². The van der Waals surface area contributed by atoms with Crippen molar-refractivity contribution < 1.29 is 14.3 Å². The molecule has 122 valence electrons. The fraction of sp³-hybridized carbons (Fsp3) is 0.312. The van der Waals surface area contributed by atoms with Gasteiger partial charge in [0.05, 0.1) is 19.9 Å². The van der Waals surface area contributed by atoms with E-state index in [1.54, 1.807) is 19.2 Å². The number of aromatic nitrogens is 2. The van der Waals surface area contributed by atoms with Crippen LogP contribution >= 0.6 is 0 Å². The Hall–Kier alpha value is -2.83. The summed E-state index contributed by atoms with van der Waals surface area (Å²) in [6.07, 6.45) is 2.45. The molecule has 1 amide bonds. The maximum atomic E-state index is 11.8. The highest BCUT2D eigenvalue weighted by molar-refractivity contribution is 5.93. The zero-order valence-corrected chi connectivity index (χ0v) is 13.4. The highest BCUT2D eigenvalue weighted by Gasteiger charge is 2.08. The van der Waals surface area contributed by atoms with Gasteiger partial charge in [-0.05, 0) is 43.2 Å². The maximum absolute atomic E-state index is 11.8. The first-order chi connectivity index (χ1) is 11.1. The molecule has 0 unspecified atom stereocenters. The Bertz CT molecular complexity index is 694. The van der Waals surface area contributed by atoms with Crippen LogP contribution in [0.2, 0.25) is 0 Å². The topological polar surface area (TPSA) is 88.6 Å². The van der Waals surface area contributed by atoms with Gasteiger partial charge in [-0.3, -0.25) is 9.89 Å². The molecule has 0 aliphatic rings. The Morgan fingerprint density at radius 2 is 2.22 bits per heavy atom. The van der Waals surface area contributed by atoms with Crippen molar-refractivity contribution in [1.29, 1.82) is 0 Å². The predicted molar refractivity (Wildman–Crippen MR) is 87.2 cm³/mol. The minimum atomic E-state index is -0.375. The molecule has 7 heteroatoms. The number of carbonyl (C=O) groups excluding carboxylic acids is 1. The Morgan fingerprint density at radius 1 is 1.39 bits per heavy atom. The molecule has 0 atom stereocenters. The van der Waals surface area contributed by atoms with Crippen molar-refractivity contribution in [3.05, 3.63) is 41.2 Å². The van der Waals surface area contributed by atoms with Gasteiger partial charge in [-0.1, -0.05) is 6.92 Å². The van der Waals surface area contributed by atoms with Crippen LogP contribution in [0.15, 0.2) is 29.4 Å². The van der Waals surface area contributed by atoms with Crippen molar-refractivity contribution in [2.24, 2.45) is 5.10 Å². The molecule has 0 spiro atoms. The Kier molecular flexibility index (Phi) is 5.74. The Balaban J connectivity index is 2.00. The van der Waals surface area contributed by atoms with Crippen molar-refractivity contribution in [1.82, 2.24) is 15.6 Å². The number of amides is 1. The number of hydrogen-bond donors (Lipinski definition) is 2. The molecule has 0 aliphatic carbocycles. The van der Waals surface area contributed by atoms with Gasteiger partial charge >= 0.3 is 0 Å². The smallest absolute Gasteiger partial charge is 0.291 e. The van der Waals surface area contributed by atoms with E-state index in [1.165, 1.54) is 6.21 Å². The van der Waals surface area contributed by atoms with Crippen LogP contribution < -0.4 is 14.9 Å². The van der Waals surface area contributed by atoms with E-state index in [0.717, 1.165) is 17.7 Å². The van der Waals surface area contributed by atoms with Crippen molar-refractivity contribution in [2.45, 2.75) is 20.3 Å². The van der Waals surface area contributed by atoms with Crippen LogP contribution in [-0.4, -0.2) is 36.0 Å². The molecule has 0 saturated carbocycles. The van der Waals surface area contributed by atoms with E-state index < -0.39 is 0 Å². The summed E-state index contributed by atoms with van der Waals surface area (Å²) in [7, 11) is 1.58. The van der Waals surface area contributed by atoms with Gasteiger partial charge in [0, 0.05) is 5.69 Å². The largest absolute Gasteiger partial charge is 0.493 e. The monoisotopic (exact) mass is 316 g/mol. The van der Waals surface area contributed by atoms with Gasteiger partial charge in [-0.15, -0.1) is 0 Å². The third-order valence-electron chi connectivity index (χ3n) is 2.97. The number of carbonyl (C=O) groups is 1. The van der Waals surface area contributed by atoms with Crippen molar-refractivity contribution in [3.8, 4) is 11.5 Å². The van der Waals surface area contributed by atoms with Gasteiger partial charge in [0.1, 0.15) is 0 Å². The SMILES string of the molecule is CCCOc1ccc(/C=N\NC(=O)c2cc(C)[nH]n2)cc1OC. The number of benzene rings is 1. The lowest BCUT2D eigenvalue weighted by atomic mass is 10.2. The molecule has 0 fully saturated rings. The predicted octanol–water partition coefficient (Wildman–Crippen LogP) is 2.28. The van der Waals surface area contributed by atoms with Gasteiger partial charge in [-0.25, -0.2) is 5.43 Å². The van der Waals surface area contributed by atoms with Crippen LogP contribution in [0.1, 0.15) is 35.1 Å².